The summed E-state index contributed by atoms with van der Waals surface area (Å²) in [5.41, 5.74) is 0.836. The van der Waals surface area contributed by atoms with Gasteiger partial charge in [-0.15, -0.1) is 0 Å². The number of hydrogen-bond acceptors (Lipinski definition) is 5. The molecule has 2 amide bonds. The molecule has 0 aromatic carbocycles. The fraction of sp³-hybridized carbons (Fsp3) is 0.476. The van der Waals surface area contributed by atoms with E-state index in [0.29, 0.717) is 30.5 Å². The molecule has 2 unspecified atom stereocenters. The molecule has 31 heavy (non-hydrogen) atoms. The molecule has 5 heterocycles. The Kier molecular flexibility index (Phi) is 4.86. The fourth-order valence-corrected chi connectivity index (χ4v) is 4.69. The highest BCUT2D eigenvalue weighted by atomic mass is 19.4. The molecule has 5 rings (SSSR count). The van der Waals surface area contributed by atoms with Crippen LogP contribution in [0.5, 0.6) is 0 Å². The number of nitrogens with one attached hydrogen (secondary N) is 1. The molecule has 0 radical (unpaired) electrons. The van der Waals surface area contributed by atoms with Gasteiger partial charge in [0.15, 0.2) is 5.82 Å². The van der Waals surface area contributed by atoms with Crippen LogP contribution in [0.3, 0.4) is 0 Å². The molecular formula is C21H23F3N6O. The number of carbonyl (C=O) groups is 1. The van der Waals surface area contributed by atoms with Gasteiger partial charge in [0, 0.05) is 32.4 Å². The van der Waals surface area contributed by atoms with Crippen molar-refractivity contribution in [2.24, 2.45) is 5.92 Å². The van der Waals surface area contributed by atoms with E-state index in [2.05, 4.69) is 15.2 Å². The lowest BCUT2D eigenvalue weighted by Crippen LogP contribution is -2.56. The van der Waals surface area contributed by atoms with Gasteiger partial charge in [-0.1, -0.05) is 6.07 Å². The number of halogens is 3. The maximum Gasteiger partial charge on any atom is 0.393 e. The van der Waals surface area contributed by atoms with E-state index >= 15 is 0 Å². The van der Waals surface area contributed by atoms with E-state index in [1.54, 1.807) is 40.3 Å². The van der Waals surface area contributed by atoms with Crippen molar-refractivity contribution >= 4 is 29.2 Å². The minimum atomic E-state index is -4.21. The van der Waals surface area contributed by atoms with Crippen LogP contribution in [-0.4, -0.2) is 54.4 Å². The van der Waals surface area contributed by atoms with Gasteiger partial charge in [-0.25, -0.2) is 14.8 Å². The van der Waals surface area contributed by atoms with Crippen LogP contribution in [0.2, 0.25) is 0 Å². The maximum absolute atomic E-state index is 13.2. The van der Waals surface area contributed by atoms with E-state index in [4.69, 9.17) is 4.98 Å². The highest BCUT2D eigenvalue weighted by Crippen LogP contribution is 2.41. The summed E-state index contributed by atoms with van der Waals surface area (Å²) in [6.07, 6.45) is -0.750. The number of fused-ring (bicyclic) bond motifs is 4. The van der Waals surface area contributed by atoms with Crippen LogP contribution in [0.15, 0.2) is 36.5 Å². The third-order valence-electron chi connectivity index (χ3n) is 6.26. The van der Waals surface area contributed by atoms with E-state index < -0.39 is 12.1 Å². The first-order chi connectivity index (χ1) is 14.9. The van der Waals surface area contributed by atoms with Crippen molar-refractivity contribution in [3.63, 3.8) is 0 Å². The number of carbonyl (C=O) groups excluding carboxylic acids is 1. The highest BCUT2D eigenvalue weighted by molar-refractivity contribution is 6.04. The molecule has 0 spiro atoms. The number of alkyl halides is 3. The number of anilines is 4. The van der Waals surface area contributed by atoms with Gasteiger partial charge >= 0.3 is 12.2 Å². The third kappa shape index (κ3) is 3.75. The van der Waals surface area contributed by atoms with Gasteiger partial charge in [-0.3, -0.25) is 10.2 Å². The zero-order chi connectivity index (χ0) is 21.6. The topological polar surface area (TPSA) is 64.6 Å². The minimum Gasteiger partial charge on any atom is -0.366 e. The number of nitrogens with zero attached hydrogens (tertiary/aromatic N) is 5. The van der Waals surface area contributed by atoms with Crippen LogP contribution in [0, 0.1) is 5.92 Å². The summed E-state index contributed by atoms with van der Waals surface area (Å²) in [5, 5.41) is 2.83. The van der Waals surface area contributed by atoms with Gasteiger partial charge in [0.2, 0.25) is 0 Å². The Balaban J connectivity index is 1.46. The van der Waals surface area contributed by atoms with E-state index in [1.807, 2.05) is 6.07 Å². The van der Waals surface area contributed by atoms with Crippen molar-refractivity contribution in [3.05, 3.63) is 36.5 Å². The summed E-state index contributed by atoms with van der Waals surface area (Å²) in [5.74, 6) is 0.0627. The van der Waals surface area contributed by atoms with Gasteiger partial charge in [-0.2, -0.15) is 13.2 Å². The molecule has 1 N–H and O–H groups in total. The van der Waals surface area contributed by atoms with E-state index in [1.165, 1.54) is 0 Å². The molecule has 0 aliphatic carbocycles. The molecule has 2 aromatic heterocycles. The molecule has 3 aliphatic rings. The average molecular weight is 432 g/mol. The normalized spacial score (nSPS) is 23.0. The lowest BCUT2D eigenvalue weighted by Gasteiger charge is -2.46. The van der Waals surface area contributed by atoms with Crippen molar-refractivity contribution < 1.29 is 18.0 Å². The number of urea groups is 1. The van der Waals surface area contributed by atoms with Crippen LogP contribution in [0.4, 0.5) is 41.1 Å². The molecule has 0 saturated carbocycles. The fourth-order valence-electron chi connectivity index (χ4n) is 4.69. The molecule has 164 valence electrons. The van der Waals surface area contributed by atoms with Crippen LogP contribution >= 0.6 is 0 Å². The Labute approximate surface area is 177 Å². The molecule has 10 heteroatoms. The molecule has 3 aliphatic heterocycles. The van der Waals surface area contributed by atoms with E-state index in [9.17, 15) is 18.0 Å². The Hall–Kier alpha value is -3.04. The summed E-state index contributed by atoms with van der Waals surface area (Å²) >= 11 is 0. The van der Waals surface area contributed by atoms with Crippen molar-refractivity contribution in [2.45, 2.75) is 31.5 Å². The largest absolute Gasteiger partial charge is 0.393 e. The number of aromatic nitrogens is 2. The quantitative estimate of drug-likeness (QED) is 0.780. The average Bonchev–Trinajstić information content (AvgIpc) is 3.25. The van der Waals surface area contributed by atoms with Gasteiger partial charge in [0.05, 0.1) is 17.6 Å². The molecule has 2 bridgehead atoms. The summed E-state index contributed by atoms with van der Waals surface area (Å²) < 4.78 is 39.4. The lowest BCUT2D eigenvalue weighted by atomic mass is 10.00. The molecule has 2 fully saturated rings. The number of amides is 2. The minimum absolute atomic E-state index is 0.0470. The predicted octanol–water partition coefficient (Wildman–Crippen LogP) is 3.89. The predicted molar refractivity (Wildman–Crippen MR) is 112 cm³/mol. The number of rotatable bonds is 2. The molecule has 2 saturated heterocycles. The summed E-state index contributed by atoms with van der Waals surface area (Å²) in [4.78, 5) is 27.6. The molecule has 2 aromatic rings. The second-order valence-corrected chi connectivity index (χ2v) is 8.24. The van der Waals surface area contributed by atoms with Crippen LogP contribution in [0.1, 0.15) is 19.3 Å². The lowest BCUT2D eigenvalue weighted by molar-refractivity contribution is -0.168. The number of piperidine rings is 1. The van der Waals surface area contributed by atoms with Crippen LogP contribution in [0.25, 0.3) is 0 Å². The molecule has 2 atom stereocenters. The Bertz CT molecular complexity index is 969. The van der Waals surface area contributed by atoms with Gasteiger partial charge in [-0.05, 0) is 43.5 Å². The van der Waals surface area contributed by atoms with Crippen molar-refractivity contribution in [1.29, 1.82) is 0 Å². The van der Waals surface area contributed by atoms with E-state index in [-0.39, 0.29) is 25.0 Å². The van der Waals surface area contributed by atoms with Crippen LogP contribution < -0.4 is 20.0 Å². The standard InChI is InChI=1S/C21H23F3N6O/c22-21(23,24)14-8-11-29(12-14)18-7-6-16-19(27-18)30(15-4-3-10-28(16)13-15)20(31)26-17-5-1-2-9-25-17/h1-2,5-7,9,14-15H,3-4,8,10-13H2,(H,25,26,31). The van der Waals surface area contributed by atoms with Crippen LogP contribution in [-0.2, 0) is 0 Å². The Morgan fingerprint density at radius 1 is 1.06 bits per heavy atom. The Morgan fingerprint density at radius 2 is 1.94 bits per heavy atom. The number of pyridine rings is 2. The van der Waals surface area contributed by atoms with Crippen molar-refractivity contribution in [1.82, 2.24) is 9.97 Å². The van der Waals surface area contributed by atoms with Crippen molar-refractivity contribution in [3.8, 4) is 0 Å². The third-order valence-corrected chi connectivity index (χ3v) is 6.26. The summed E-state index contributed by atoms with van der Waals surface area (Å²) in [6, 6.07) is 8.53. The van der Waals surface area contributed by atoms with Gasteiger partial charge in [0.1, 0.15) is 11.6 Å². The van der Waals surface area contributed by atoms with E-state index in [0.717, 1.165) is 25.1 Å². The first-order valence-electron chi connectivity index (χ1n) is 10.5. The smallest absolute Gasteiger partial charge is 0.366 e. The second-order valence-electron chi connectivity index (χ2n) is 8.24. The highest BCUT2D eigenvalue weighted by Gasteiger charge is 2.44. The second kappa shape index (κ2) is 7.58. The molecule has 7 nitrogen and oxygen atoms in total. The zero-order valence-electron chi connectivity index (χ0n) is 16.8. The maximum atomic E-state index is 13.2. The summed E-state index contributed by atoms with van der Waals surface area (Å²) in [7, 11) is 0. The summed E-state index contributed by atoms with van der Waals surface area (Å²) in [6.45, 7) is 1.77. The first-order valence-corrected chi connectivity index (χ1v) is 10.5. The van der Waals surface area contributed by atoms with Gasteiger partial charge in [0.25, 0.3) is 0 Å². The molecular weight excluding hydrogens is 409 g/mol. The monoisotopic (exact) mass is 432 g/mol. The van der Waals surface area contributed by atoms with Crippen molar-refractivity contribution in [2.75, 3.05) is 46.2 Å². The Morgan fingerprint density at radius 3 is 2.68 bits per heavy atom. The zero-order valence-corrected chi connectivity index (χ0v) is 16.8. The van der Waals surface area contributed by atoms with Gasteiger partial charge < -0.3 is 9.80 Å². The SMILES string of the molecule is O=C(Nc1ccccn1)N1c2nc(N3CCC(C(F)(F)F)C3)ccc2N2CCCC1C2. The number of hydrogen-bond donors (Lipinski definition) is 1. The first kappa shape index (κ1) is 19.9.